The van der Waals surface area contributed by atoms with Crippen LogP contribution in [0.25, 0.3) is 0 Å². The molecule has 9 heteroatoms. The van der Waals surface area contributed by atoms with Crippen molar-refractivity contribution in [3.63, 3.8) is 0 Å². The lowest BCUT2D eigenvalue weighted by molar-refractivity contribution is -0.0295. The van der Waals surface area contributed by atoms with Gasteiger partial charge in [-0.1, -0.05) is 19.9 Å². The Labute approximate surface area is 196 Å². The van der Waals surface area contributed by atoms with E-state index in [0.717, 1.165) is 19.6 Å². The van der Waals surface area contributed by atoms with E-state index in [4.69, 9.17) is 9.47 Å². The summed E-state index contributed by atoms with van der Waals surface area (Å²) in [5.41, 5.74) is 0.778. The summed E-state index contributed by atoms with van der Waals surface area (Å²) in [5.74, 6) is 0.875. The van der Waals surface area contributed by atoms with Gasteiger partial charge >= 0.3 is 0 Å². The zero-order chi connectivity index (χ0) is 24.0. The van der Waals surface area contributed by atoms with E-state index in [-0.39, 0.29) is 22.5 Å². The van der Waals surface area contributed by atoms with Crippen molar-refractivity contribution in [3.8, 4) is 5.75 Å². The topological polar surface area (TPSA) is 88.2 Å². The van der Waals surface area contributed by atoms with Crippen LogP contribution in [0.15, 0.2) is 53.4 Å². The molecule has 0 radical (unpaired) electrons. The molecular weight excluding hydrogens is 442 g/mol. The number of benzene rings is 2. The van der Waals surface area contributed by atoms with Crippen molar-refractivity contribution in [1.82, 2.24) is 10.2 Å². The molecule has 1 N–H and O–H groups in total. The Bertz CT molecular complexity index is 1040. The summed E-state index contributed by atoms with van der Waals surface area (Å²) in [6.45, 7) is 8.02. The summed E-state index contributed by atoms with van der Waals surface area (Å²) in [6.07, 6.45) is -0.0884. The van der Waals surface area contributed by atoms with Gasteiger partial charge in [0, 0.05) is 38.8 Å². The highest BCUT2D eigenvalue weighted by molar-refractivity contribution is 7.92. The normalized spacial score (nSPS) is 17.1. The highest BCUT2D eigenvalue weighted by Crippen LogP contribution is 2.24. The molecule has 1 fully saturated rings. The van der Waals surface area contributed by atoms with E-state index in [0.29, 0.717) is 30.5 Å². The summed E-state index contributed by atoms with van der Waals surface area (Å²) in [5, 5.41) is 2.88. The van der Waals surface area contributed by atoms with Gasteiger partial charge in [-0.05, 0) is 48.4 Å². The van der Waals surface area contributed by atoms with Crippen molar-refractivity contribution in [2.75, 3.05) is 51.2 Å². The number of amides is 1. The molecule has 3 rings (SSSR count). The van der Waals surface area contributed by atoms with Gasteiger partial charge in [0.1, 0.15) is 5.75 Å². The molecule has 1 aliphatic rings. The lowest BCUT2D eigenvalue weighted by atomic mass is 10.1. The minimum Gasteiger partial charge on any atom is -0.497 e. The number of nitrogens with zero attached hydrogens (tertiary/aromatic N) is 2. The first-order valence-corrected chi connectivity index (χ1v) is 12.5. The van der Waals surface area contributed by atoms with Gasteiger partial charge < -0.3 is 14.8 Å². The molecule has 1 saturated heterocycles. The summed E-state index contributed by atoms with van der Waals surface area (Å²) >= 11 is 0. The number of hydrogen-bond donors (Lipinski definition) is 1. The zero-order valence-corrected chi connectivity index (χ0v) is 20.5. The van der Waals surface area contributed by atoms with Crippen molar-refractivity contribution in [1.29, 1.82) is 0 Å². The predicted octanol–water partition coefficient (Wildman–Crippen LogP) is 2.61. The maximum Gasteiger partial charge on any atom is 0.264 e. The Morgan fingerprint density at radius 2 is 1.97 bits per heavy atom. The van der Waals surface area contributed by atoms with E-state index in [1.54, 1.807) is 43.5 Å². The van der Waals surface area contributed by atoms with E-state index in [1.807, 2.05) is 0 Å². The maximum absolute atomic E-state index is 13.1. The average Bonchev–Trinajstić information content (AvgIpc) is 2.82. The molecule has 180 valence electrons. The molecule has 33 heavy (non-hydrogen) atoms. The zero-order valence-electron chi connectivity index (χ0n) is 19.7. The van der Waals surface area contributed by atoms with E-state index in [2.05, 4.69) is 24.1 Å². The lowest BCUT2D eigenvalue weighted by Crippen LogP contribution is -2.48. The minimum atomic E-state index is -3.84. The largest absolute Gasteiger partial charge is 0.497 e. The van der Waals surface area contributed by atoms with Crippen molar-refractivity contribution in [2.24, 2.45) is 5.92 Å². The van der Waals surface area contributed by atoms with Gasteiger partial charge in [0.05, 0.1) is 30.4 Å². The Morgan fingerprint density at radius 3 is 2.64 bits per heavy atom. The second kappa shape index (κ2) is 11.0. The second-order valence-electron chi connectivity index (χ2n) is 8.55. The molecular formula is C24H33N3O5S. The van der Waals surface area contributed by atoms with E-state index in [1.165, 1.54) is 23.5 Å². The molecule has 1 amide bonds. The van der Waals surface area contributed by atoms with Crippen molar-refractivity contribution in [2.45, 2.75) is 24.8 Å². The van der Waals surface area contributed by atoms with Crippen LogP contribution in [0.1, 0.15) is 24.2 Å². The minimum absolute atomic E-state index is 0.0468. The van der Waals surface area contributed by atoms with Gasteiger partial charge in [-0.15, -0.1) is 0 Å². The van der Waals surface area contributed by atoms with Crippen molar-refractivity contribution in [3.05, 3.63) is 54.1 Å². The number of rotatable bonds is 9. The summed E-state index contributed by atoms with van der Waals surface area (Å²) in [6, 6.07) is 12.8. The van der Waals surface area contributed by atoms with Gasteiger partial charge in [0.15, 0.2) is 0 Å². The first kappa shape index (κ1) is 25.0. The Morgan fingerprint density at radius 1 is 1.24 bits per heavy atom. The molecule has 0 spiro atoms. The number of ether oxygens (including phenoxy) is 2. The molecule has 2 aromatic rings. The number of carbonyl (C=O) groups is 1. The Balaban J connectivity index is 1.66. The number of morpholine rings is 1. The highest BCUT2D eigenvalue weighted by atomic mass is 32.2. The van der Waals surface area contributed by atoms with Crippen LogP contribution < -0.4 is 14.4 Å². The summed E-state index contributed by atoms with van der Waals surface area (Å²) in [4.78, 5) is 15.1. The SMILES string of the molecule is COc1ccc(N(C)S(=O)(=O)c2cccc(C(=O)NCC3CN(CC(C)C)CCO3)c2)cc1. The smallest absolute Gasteiger partial charge is 0.264 e. The molecule has 0 aromatic heterocycles. The molecule has 1 atom stereocenters. The van der Waals surface area contributed by atoms with Crippen LogP contribution in [0.3, 0.4) is 0 Å². The van der Waals surface area contributed by atoms with Crippen LogP contribution in [0, 0.1) is 5.92 Å². The maximum atomic E-state index is 13.1. The first-order valence-electron chi connectivity index (χ1n) is 11.1. The van der Waals surface area contributed by atoms with Gasteiger partial charge in [0.2, 0.25) is 0 Å². The molecule has 1 heterocycles. The van der Waals surface area contributed by atoms with E-state index in [9.17, 15) is 13.2 Å². The van der Waals surface area contributed by atoms with Crippen LogP contribution in [0.2, 0.25) is 0 Å². The van der Waals surface area contributed by atoms with Crippen LogP contribution >= 0.6 is 0 Å². The standard InChI is InChI=1S/C24H33N3O5S/c1-18(2)16-27-12-13-32-22(17-27)15-25-24(28)19-6-5-7-23(14-19)33(29,30)26(3)20-8-10-21(31-4)11-9-20/h5-11,14,18,22H,12-13,15-17H2,1-4H3,(H,25,28). The third kappa shape index (κ3) is 6.46. The van der Waals surface area contributed by atoms with Gasteiger partial charge in [-0.25, -0.2) is 8.42 Å². The number of carbonyl (C=O) groups excluding carboxylic acids is 1. The van der Waals surface area contributed by atoms with E-state index < -0.39 is 10.0 Å². The van der Waals surface area contributed by atoms with Gasteiger partial charge in [-0.2, -0.15) is 0 Å². The van der Waals surface area contributed by atoms with Crippen LogP contribution in [0.4, 0.5) is 5.69 Å². The predicted molar refractivity (Wildman–Crippen MR) is 128 cm³/mol. The molecule has 1 unspecified atom stereocenters. The van der Waals surface area contributed by atoms with Crippen LogP contribution in [-0.4, -0.2) is 72.3 Å². The summed E-state index contributed by atoms with van der Waals surface area (Å²) in [7, 11) is -0.812. The number of anilines is 1. The van der Waals surface area contributed by atoms with Gasteiger partial charge in [0.25, 0.3) is 15.9 Å². The lowest BCUT2D eigenvalue weighted by Gasteiger charge is -2.33. The molecule has 0 saturated carbocycles. The number of hydrogen-bond acceptors (Lipinski definition) is 6. The van der Waals surface area contributed by atoms with E-state index >= 15 is 0 Å². The third-order valence-corrected chi connectivity index (χ3v) is 7.31. The number of nitrogens with one attached hydrogen (secondary N) is 1. The molecule has 0 aliphatic carbocycles. The fraction of sp³-hybridized carbons (Fsp3) is 0.458. The monoisotopic (exact) mass is 475 g/mol. The summed E-state index contributed by atoms with van der Waals surface area (Å²) < 4.78 is 38.4. The molecule has 2 aromatic carbocycles. The Hall–Kier alpha value is -2.62. The Kier molecular flexibility index (Phi) is 8.34. The molecule has 1 aliphatic heterocycles. The molecule has 0 bridgehead atoms. The van der Waals surface area contributed by atoms with Gasteiger partial charge in [-0.3, -0.25) is 14.0 Å². The highest BCUT2D eigenvalue weighted by Gasteiger charge is 2.24. The number of methoxy groups -OCH3 is 1. The van der Waals surface area contributed by atoms with Crippen molar-refractivity contribution < 1.29 is 22.7 Å². The fourth-order valence-electron chi connectivity index (χ4n) is 3.78. The molecule has 8 nitrogen and oxygen atoms in total. The van der Waals surface area contributed by atoms with Crippen molar-refractivity contribution >= 4 is 21.6 Å². The average molecular weight is 476 g/mol. The second-order valence-corrected chi connectivity index (χ2v) is 10.5. The number of sulfonamides is 1. The fourth-order valence-corrected chi connectivity index (χ4v) is 5.02. The third-order valence-electron chi connectivity index (χ3n) is 5.53. The van der Waals surface area contributed by atoms with Crippen LogP contribution in [-0.2, 0) is 14.8 Å². The quantitative estimate of drug-likeness (QED) is 0.600. The van der Waals surface area contributed by atoms with Crippen LogP contribution in [0.5, 0.6) is 5.75 Å². The first-order chi connectivity index (χ1) is 15.7.